The van der Waals surface area contributed by atoms with Crippen molar-refractivity contribution in [1.82, 2.24) is 0 Å². The van der Waals surface area contributed by atoms with Gasteiger partial charge in [0.15, 0.2) is 6.29 Å². The topological polar surface area (TPSA) is 27.7 Å². The molecule has 0 aromatic heterocycles. The third-order valence-corrected chi connectivity index (χ3v) is 3.10. The fraction of sp³-hybridized carbons (Fsp3) is 0.647. The van der Waals surface area contributed by atoms with Gasteiger partial charge < -0.3 is 14.2 Å². The largest absolute Gasteiger partial charge is 0.491 e. The van der Waals surface area contributed by atoms with Crippen LogP contribution in [0.3, 0.4) is 0 Å². The van der Waals surface area contributed by atoms with Crippen molar-refractivity contribution in [3.8, 4) is 5.75 Å². The van der Waals surface area contributed by atoms with E-state index in [1.54, 1.807) is 0 Å². The first-order valence-electron chi connectivity index (χ1n) is 7.83. The minimum Gasteiger partial charge on any atom is -0.491 e. The van der Waals surface area contributed by atoms with E-state index >= 15 is 0 Å². The standard InChI is InChI=1S/C15H22O3.C2H6/c1-2-13-6-5-7-14(12-13)16-10-11-18-15-8-3-4-9-17-15;1-2/h5-7,12,15H,2-4,8-11H2,1H3;1-2H3. The molecule has 20 heavy (non-hydrogen) atoms. The zero-order valence-electron chi connectivity index (χ0n) is 13.1. The van der Waals surface area contributed by atoms with E-state index in [0.29, 0.717) is 13.2 Å². The van der Waals surface area contributed by atoms with Gasteiger partial charge in [-0.1, -0.05) is 32.9 Å². The molecule has 3 heteroatoms. The van der Waals surface area contributed by atoms with Crippen LogP contribution >= 0.6 is 0 Å². The molecule has 114 valence electrons. The molecule has 1 aromatic carbocycles. The van der Waals surface area contributed by atoms with Crippen LogP contribution < -0.4 is 4.74 Å². The third kappa shape index (κ3) is 6.40. The highest BCUT2D eigenvalue weighted by molar-refractivity contribution is 5.28. The van der Waals surface area contributed by atoms with Crippen LogP contribution in [0.4, 0.5) is 0 Å². The fourth-order valence-corrected chi connectivity index (χ4v) is 2.04. The molecule has 0 saturated carbocycles. The monoisotopic (exact) mass is 280 g/mol. The lowest BCUT2D eigenvalue weighted by Crippen LogP contribution is -2.24. The predicted molar refractivity (Wildman–Crippen MR) is 82.2 cm³/mol. The van der Waals surface area contributed by atoms with Gasteiger partial charge in [0.2, 0.25) is 0 Å². The number of benzene rings is 1. The molecule has 1 atom stereocenters. The first-order valence-corrected chi connectivity index (χ1v) is 7.83. The van der Waals surface area contributed by atoms with E-state index in [0.717, 1.165) is 31.6 Å². The maximum Gasteiger partial charge on any atom is 0.157 e. The molecule has 0 radical (unpaired) electrons. The van der Waals surface area contributed by atoms with E-state index in [1.807, 2.05) is 26.0 Å². The molecular weight excluding hydrogens is 252 g/mol. The molecule has 2 rings (SSSR count). The van der Waals surface area contributed by atoms with Crippen LogP contribution in [0.15, 0.2) is 24.3 Å². The van der Waals surface area contributed by atoms with Crippen molar-refractivity contribution in [3.63, 3.8) is 0 Å². The quantitative estimate of drug-likeness (QED) is 0.731. The lowest BCUT2D eigenvalue weighted by molar-refractivity contribution is -0.165. The Morgan fingerprint density at radius 3 is 2.75 bits per heavy atom. The Morgan fingerprint density at radius 1 is 1.20 bits per heavy atom. The van der Waals surface area contributed by atoms with Crippen LogP contribution in [0.5, 0.6) is 5.75 Å². The Hall–Kier alpha value is -1.06. The highest BCUT2D eigenvalue weighted by Gasteiger charge is 2.13. The normalized spacial score (nSPS) is 18.1. The van der Waals surface area contributed by atoms with Gasteiger partial charge in [-0.05, 0) is 43.4 Å². The minimum absolute atomic E-state index is 0.0238. The zero-order valence-corrected chi connectivity index (χ0v) is 13.1. The van der Waals surface area contributed by atoms with Gasteiger partial charge >= 0.3 is 0 Å². The van der Waals surface area contributed by atoms with Crippen molar-refractivity contribution >= 4 is 0 Å². The van der Waals surface area contributed by atoms with Gasteiger partial charge in [-0.3, -0.25) is 0 Å². The lowest BCUT2D eigenvalue weighted by Gasteiger charge is -2.22. The smallest absolute Gasteiger partial charge is 0.157 e. The second-order valence-electron chi connectivity index (χ2n) is 4.52. The van der Waals surface area contributed by atoms with E-state index < -0.39 is 0 Å². The summed E-state index contributed by atoms with van der Waals surface area (Å²) in [6, 6.07) is 8.20. The second kappa shape index (κ2) is 10.7. The molecular formula is C17H28O3. The summed E-state index contributed by atoms with van der Waals surface area (Å²) in [7, 11) is 0. The zero-order chi connectivity index (χ0) is 14.6. The van der Waals surface area contributed by atoms with Gasteiger partial charge in [0.25, 0.3) is 0 Å². The van der Waals surface area contributed by atoms with Crippen LogP contribution in [0.2, 0.25) is 0 Å². The highest BCUT2D eigenvalue weighted by Crippen LogP contribution is 2.15. The summed E-state index contributed by atoms with van der Waals surface area (Å²) < 4.78 is 16.8. The number of rotatable bonds is 6. The van der Waals surface area contributed by atoms with Crippen LogP contribution in [0, 0.1) is 0 Å². The number of ether oxygens (including phenoxy) is 3. The molecule has 0 N–H and O–H groups in total. The SMILES string of the molecule is CC.CCc1cccc(OCCOC2CCCCO2)c1. The molecule has 1 fully saturated rings. The van der Waals surface area contributed by atoms with Gasteiger partial charge in [-0.2, -0.15) is 0 Å². The Bertz CT molecular complexity index is 346. The Labute approximate surface area is 123 Å². The molecule has 1 aliphatic heterocycles. The van der Waals surface area contributed by atoms with Crippen molar-refractivity contribution in [1.29, 1.82) is 0 Å². The summed E-state index contributed by atoms with van der Waals surface area (Å²) in [6.07, 6.45) is 4.36. The van der Waals surface area contributed by atoms with Crippen LogP contribution in [0.1, 0.15) is 45.6 Å². The molecule has 0 amide bonds. The summed E-state index contributed by atoms with van der Waals surface area (Å²) >= 11 is 0. The van der Waals surface area contributed by atoms with E-state index in [1.165, 1.54) is 12.0 Å². The van der Waals surface area contributed by atoms with Crippen molar-refractivity contribution < 1.29 is 14.2 Å². The van der Waals surface area contributed by atoms with E-state index in [4.69, 9.17) is 14.2 Å². The third-order valence-electron chi connectivity index (χ3n) is 3.10. The molecule has 1 aliphatic rings. The molecule has 0 aliphatic carbocycles. The number of hydrogen-bond acceptors (Lipinski definition) is 3. The van der Waals surface area contributed by atoms with Gasteiger partial charge in [0.05, 0.1) is 6.61 Å². The average Bonchev–Trinajstić information content (AvgIpc) is 2.55. The van der Waals surface area contributed by atoms with Crippen molar-refractivity contribution in [2.45, 2.75) is 52.7 Å². The minimum atomic E-state index is -0.0238. The lowest BCUT2D eigenvalue weighted by atomic mass is 10.2. The first-order chi connectivity index (χ1) is 9.88. The molecule has 0 spiro atoms. The van der Waals surface area contributed by atoms with Gasteiger partial charge in [-0.15, -0.1) is 0 Å². The molecule has 1 aromatic rings. The van der Waals surface area contributed by atoms with E-state index in [2.05, 4.69) is 19.1 Å². The van der Waals surface area contributed by atoms with Crippen LogP contribution in [0.25, 0.3) is 0 Å². The Kier molecular flexibility index (Phi) is 9.09. The van der Waals surface area contributed by atoms with Crippen LogP contribution in [-0.4, -0.2) is 26.1 Å². The second-order valence-corrected chi connectivity index (χ2v) is 4.52. The van der Waals surface area contributed by atoms with E-state index in [9.17, 15) is 0 Å². The van der Waals surface area contributed by atoms with Gasteiger partial charge in [0.1, 0.15) is 12.4 Å². The maximum absolute atomic E-state index is 5.66. The predicted octanol–water partition coefficient (Wildman–Crippen LogP) is 4.20. The highest BCUT2D eigenvalue weighted by atomic mass is 16.7. The van der Waals surface area contributed by atoms with Crippen molar-refractivity contribution in [2.24, 2.45) is 0 Å². The van der Waals surface area contributed by atoms with E-state index in [-0.39, 0.29) is 6.29 Å². The van der Waals surface area contributed by atoms with Gasteiger partial charge in [0, 0.05) is 6.61 Å². The summed E-state index contributed by atoms with van der Waals surface area (Å²) in [6.45, 7) is 8.13. The summed E-state index contributed by atoms with van der Waals surface area (Å²) in [5.41, 5.74) is 1.30. The number of hydrogen-bond donors (Lipinski definition) is 0. The van der Waals surface area contributed by atoms with Gasteiger partial charge in [-0.25, -0.2) is 0 Å². The molecule has 1 heterocycles. The van der Waals surface area contributed by atoms with Crippen molar-refractivity contribution in [3.05, 3.63) is 29.8 Å². The molecule has 1 saturated heterocycles. The van der Waals surface area contributed by atoms with Crippen molar-refractivity contribution in [2.75, 3.05) is 19.8 Å². The van der Waals surface area contributed by atoms with Crippen LogP contribution in [-0.2, 0) is 15.9 Å². The molecule has 1 unspecified atom stereocenters. The first kappa shape index (κ1) is 17.0. The number of aryl methyl sites for hydroxylation is 1. The summed E-state index contributed by atoms with van der Waals surface area (Å²) in [4.78, 5) is 0. The maximum atomic E-state index is 5.66. The Balaban J connectivity index is 0.000000956. The Morgan fingerprint density at radius 2 is 2.05 bits per heavy atom. The summed E-state index contributed by atoms with van der Waals surface area (Å²) in [5.74, 6) is 0.919. The average molecular weight is 280 g/mol. The molecule has 0 bridgehead atoms. The summed E-state index contributed by atoms with van der Waals surface area (Å²) in [5, 5.41) is 0. The fourth-order valence-electron chi connectivity index (χ4n) is 2.04. The molecule has 3 nitrogen and oxygen atoms in total.